The van der Waals surface area contributed by atoms with E-state index >= 15 is 0 Å². The molecule has 0 radical (unpaired) electrons. The highest BCUT2D eigenvalue weighted by atomic mass is 16.1. The Morgan fingerprint density at radius 3 is 2.95 bits per heavy atom. The highest BCUT2D eigenvalue weighted by molar-refractivity contribution is 5.93. The number of rotatable bonds is 5. The van der Waals surface area contributed by atoms with Crippen molar-refractivity contribution in [1.29, 1.82) is 0 Å². The highest BCUT2D eigenvalue weighted by Gasteiger charge is 2.21. The summed E-state index contributed by atoms with van der Waals surface area (Å²) in [6.07, 6.45) is 5.81. The minimum absolute atomic E-state index is 0.0331. The first-order valence-corrected chi connectivity index (χ1v) is 7.00. The summed E-state index contributed by atoms with van der Waals surface area (Å²) >= 11 is 0. The van der Waals surface area contributed by atoms with Crippen molar-refractivity contribution < 1.29 is 4.79 Å². The summed E-state index contributed by atoms with van der Waals surface area (Å²) in [6, 6.07) is 2.71. The molecule has 1 amide bonds. The molecular weight excluding hydrogens is 254 g/mol. The van der Waals surface area contributed by atoms with E-state index in [4.69, 9.17) is 0 Å². The zero-order valence-corrected chi connectivity index (χ0v) is 11.8. The predicted molar refractivity (Wildman–Crippen MR) is 77.6 cm³/mol. The number of pyridine rings is 1. The molecule has 1 saturated carbocycles. The van der Waals surface area contributed by atoms with Crippen molar-refractivity contribution in [1.82, 2.24) is 20.1 Å². The molecule has 20 heavy (non-hydrogen) atoms. The predicted octanol–water partition coefficient (Wildman–Crippen LogP) is 1.70. The third kappa shape index (κ3) is 2.80. The monoisotopic (exact) mass is 273 g/mol. The van der Waals surface area contributed by atoms with Gasteiger partial charge in [0.1, 0.15) is 0 Å². The number of nitrogens with one attached hydrogen (secondary N) is 2. The lowest BCUT2D eigenvalue weighted by Gasteiger charge is -2.08. The first kappa shape index (κ1) is 13.1. The Kier molecular flexibility index (Phi) is 3.40. The van der Waals surface area contributed by atoms with Gasteiger partial charge >= 0.3 is 0 Å². The van der Waals surface area contributed by atoms with Crippen LogP contribution in [0.2, 0.25) is 0 Å². The fourth-order valence-electron chi connectivity index (χ4n) is 2.12. The number of carbonyl (C=O) groups is 1. The second kappa shape index (κ2) is 5.20. The van der Waals surface area contributed by atoms with Crippen molar-refractivity contribution in [2.75, 3.05) is 11.9 Å². The summed E-state index contributed by atoms with van der Waals surface area (Å²) < 4.78 is 1.87. The minimum Gasteiger partial charge on any atom is -0.324 e. The molecule has 106 valence electrons. The Bertz CT molecular complexity index is 630. The van der Waals surface area contributed by atoms with Crippen LogP contribution in [0.4, 0.5) is 5.69 Å². The Morgan fingerprint density at radius 1 is 1.45 bits per heavy atom. The normalized spacial score (nSPS) is 14.9. The van der Waals surface area contributed by atoms with E-state index in [9.17, 15) is 4.79 Å². The lowest BCUT2D eigenvalue weighted by molar-refractivity contribution is -0.115. The van der Waals surface area contributed by atoms with Crippen LogP contribution in [-0.2, 0) is 4.79 Å². The fourth-order valence-corrected chi connectivity index (χ4v) is 2.12. The van der Waals surface area contributed by atoms with Crippen LogP contribution >= 0.6 is 0 Å². The third-order valence-electron chi connectivity index (χ3n) is 3.33. The Balaban J connectivity index is 1.70. The van der Waals surface area contributed by atoms with E-state index in [1.807, 2.05) is 10.7 Å². The molecular formula is C14H19N5O. The number of amides is 1. The van der Waals surface area contributed by atoms with Gasteiger partial charge < -0.3 is 10.6 Å². The van der Waals surface area contributed by atoms with Crippen molar-refractivity contribution in [3.05, 3.63) is 18.5 Å². The van der Waals surface area contributed by atoms with E-state index in [1.165, 1.54) is 12.8 Å². The molecule has 0 bridgehead atoms. The molecule has 0 unspecified atom stereocenters. The van der Waals surface area contributed by atoms with E-state index < -0.39 is 0 Å². The van der Waals surface area contributed by atoms with Gasteiger partial charge in [0, 0.05) is 17.5 Å². The number of carbonyl (C=O) groups excluding carboxylic acids is 1. The van der Waals surface area contributed by atoms with Gasteiger partial charge in [0.15, 0.2) is 5.65 Å². The Hall–Kier alpha value is -1.95. The molecule has 6 heteroatoms. The number of anilines is 1. The molecule has 0 atom stereocenters. The minimum atomic E-state index is -0.0331. The quantitative estimate of drug-likeness (QED) is 0.870. The van der Waals surface area contributed by atoms with Crippen molar-refractivity contribution in [2.45, 2.75) is 38.8 Å². The van der Waals surface area contributed by atoms with Gasteiger partial charge in [-0.3, -0.25) is 4.79 Å². The highest BCUT2D eigenvalue weighted by Crippen LogP contribution is 2.19. The summed E-state index contributed by atoms with van der Waals surface area (Å²) in [5, 5.41) is 11.3. The summed E-state index contributed by atoms with van der Waals surface area (Å²) in [5.74, 6) is -0.0331. The zero-order chi connectivity index (χ0) is 14.1. The lowest BCUT2D eigenvalue weighted by atomic mass is 10.3. The molecule has 2 aromatic heterocycles. The smallest absolute Gasteiger partial charge is 0.238 e. The first-order chi connectivity index (χ1) is 9.63. The second-order valence-electron chi connectivity index (χ2n) is 5.52. The molecule has 1 aliphatic rings. The Morgan fingerprint density at radius 2 is 2.25 bits per heavy atom. The van der Waals surface area contributed by atoms with Crippen LogP contribution in [-0.4, -0.2) is 33.3 Å². The van der Waals surface area contributed by atoms with E-state index in [2.05, 4.69) is 34.6 Å². The molecule has 3 rings (SSSR count). The van der Waals surface area contributed by atoms with Crippen LogP contribution in [0.3, 0.4) is 0 Å². The molecule has 6 nitrogen and oxygen atoms in total. The summed E-state index contributed by atoms with van der Waals surface area (Å²) in [4.78, 5) is 16.2. The van der Waals surface area contributed by atoms with Gasteiger partial charge in [-0.05, 0) is 32.8 Å². The number of nitrogens with zero attached hydrogens (tertiary/aromatic N) is 3. The van der Waals surface area contributed by atoms with Gasteiger partial charge in [0.2, 0.25) is 5.91 Å². The van der Waals surface area contributed by atoms with Crippen LogP contribution in [0.25, 0.3) is 11.0 Å². The van der Waals surface area contributed by atoms with Crippen molar-refractivity contribution >= 4 is 22.6 Å². The molecule has 1 aliphatic carbocycles. The van der Waals surface area contributed by atoms with Gasteiger partial charge in [-0.1, -0.05) is 0 Å². The van der Waals surface area contributed by atoms with Crippen molar-refractivity contribution in [3.63, 3.8) is 0 Å². The van der Waals surface area contributed by atoms with Gasteiger partial charge in [-0.25, -0.2) is 9.67 Å². The fraction of sp³-hybridized carbons (Fsp3) is 0.500. The van der Waals surface area contributed by atoms with Crippen molar-refractivity contribution in [3.8, 4) is 0 Å². The SMILES string of the molecule is CC(C)n1ncc2cc(NC(=O)CNC3CC3)cnc21. The van der Waals surface area contributed by atoms with Gasteiger partial charge in [-0.15, -0.1) is 0 Å². The van der Waals surface area contributed by atoms with Gasteiger partial charge in [-0.2, -0.15) is 5.10 Å². The number of hydrogen-bond acceptors (Lipinski definition) is 4. The summed E-state index contributed by atoms with van der Waals surface area (Å²) in [6.45, 7) is 4.48. The molecule has 2 heterocycles. The standard InChI is InChI=1S/C14H19N5O/c1-9(2)19-14-10(6-17-19)5-12(7-16-14)18-13(20)8-15-11-3-4-11/h5-7,9,11,15H,3-4,8H2,1-2H3,(H,18,20). The van der Waals surface area contributed by atoms with Crippen LogP contribution in [0.5, 0.6) is 0 Å². The second-order valence-corrected chi connectivity index (χ2v) is 5.52. The largest absolute Gasteiger partial charge is 0.324 e. The topological polar surface area (TPSA) is 71.8 Å². The van der Waals surface area contributed by atoms with E-state index in [0.717, 1.165) is 11.0 Å². The molecule has 2 aromatic rings. The lowest BCUT2D eigenvalue weighted by Crippen LogP contribution is -2.29. The van der Waals surface area contributed by atoms with E-state index in [0.29, 0.717) is 18.3 Å². The van der Waals surface area contributed by atoms with Crippen LogP contribution < -0.4 is 10.6 Å². The van der Waals surface area contributed by atoms with E-state index in [1.54, 1.807) is 12.4 Å². The average Bonchev–Trinajstić information content (AvgIpc) is 3.14. The molecule has 1 fully saturated rings. The van der Waals surface area contributed by atoms with Gasteiger partial charge in [0.05, 0.1) is 24.6 Å². The molecule has 0 saturated heterocycles. The summed E-state index contributed by atoms with van der Waals surface area (Å²) in [5.41, 5.74) is 1.55. The molecule has 0 spiro atoms. The third-order valence-corrected chi connectivity index (χ3v) is 3.33. The molecule has 0 aliphatic heterocycles. The maximum Gasteiger partial charge on any atom is 0.238 e. The summed E-state index contributed by atoms with van der Waals surface area (Å²) in [7, 11) is 0. The van der Waals surface area contributed by atoms with Crippen molar-refractivity contribution in [2.24, 2.45) is 0 Å². The maximum atomic E-state index is 11.8. The zero-order valence-electron chi connectivity index (χ0n) is 11.8. The molecule has 0 aromatic carbocycles. The maximum absolute atomic E-state index is 11.8. The molecule has 2 N–H and O–H groups in total. The van der Waals surface area contributed by atoms with Crippen LogP contribution in [0, 0.1) is 0 Å². The number of fused-ring (bicyclic) bond motifs is 1. The average molecular weight is 273 g/mol. The van der Waals surface area contributed by atoms with E-state index in [-0.39, 0.29) is 11.9 Å². The van der Waals surface area contributed by atoms with Gasteiger partial charge in [0.25, 0.3) is 0 Å². The Labute approximate surface area is 117 Å². The van der Waals surface area contributed by atoms with Crippen LogP contribution in [0.1, 0.15) is 32.7 Å². The van der Waals surface area contributed by atoms with Crippen LogP contribution in [0.15, 0.2) is 18.5 Å². The first-order valence-electron chi connectivity index (χ1n) is 7.00. The number of hydrogen-bond donors (Lipinski definition) is 2. The number of aromatic nitrogens is 3.